The molecule has 2 N–H and O–H groups in total. The molecule has 0 aromatic heterocycles. The van der Waals surface area contributed by atoms with Gasteiger partial charge in [0.25, 0.3) is 5.91 Å². The first kappa shape index (κ1) is 18.3. The van der Waals surface area contributed by atoms with E-state index in [-0.39, 0.29) is 24.3 Å². The molecule has 0 unspecified atom stereocenters. The van der Waals surface area contributed by atoms with Crippen molar-refractivity contribution in [2.45, 2.75) is 26.7 Å². The number of nitrogens with one attached hydrogen (secondary N) is 2. The van der Waals surface area contributed by atoms with Crippen molar-refractivity contribution in [3.8, 4) is 5.75 Å². The molecule has 2 amide bonds. The highest BCUT2D eigenvalue weighted by atomic mass is 35.5. The molecule has 2 aromatic rings. The van der Waals surface area contributed by atoms with Crippen LogP contribution in [-0.2, 0) is 9.59 Å². The second-order valence-electron chi connectivity index (χ2n) is 6.54. The van der Waals surface area contributed by atoms with Crippen LogP contribution in [-0.4, -0.2) is 18.4 Å². The topological polar surface area (TPSA) is 67.4 Å². The van der Waals surface area contributed by atoms with E-state index in [9.17, 15) is 9.59 Å². The summed E-state index contributed by atoms with van der Waals surface area (Å²) in [5, 5.41) is 6.36. The lowest BCUT2D eigenvalue weighted by atomic mass is 10.1. The van der Waals surface area contributed by atoms with Crippen molar-refractivity contribution in [3.05, 3.63) is 52.5 Å². The minimum atomic E-state index is -0.272. The number of hydrogen-bond acceptors (Lipinski definition) is 3. The van der Waals surface area contributed by atoms with E-state index in [0.717, 1.165) is 24.0 Å². The molecule has 1 aliphatic rings. The van der Waals surface area contributed by atoms with Gasteiger partial charge >= 0.3 is 0 Å². The second kappa shape index (κ2) is 7.79. The van der Waals surface area contributed by atoms with Gasteiger partial charge in [0.05, 0.1) is 0 Å². The molecule has 136 valence electrons. The maximum Gasteiger partial charge on any atom is 0.262 e. The summed E-state index contributed by atoms with van der Waals surface area (Å²) in [5.74, 6) is 0.480. The molecule has 1 fully saturated rings. The number of benzene rings is 2. The van der Waals surface area contributed by atoms with Gasteiger partial charge in [0, 0.05) is 22.3 Å². The van der Waals surface area contributed by atoms with Crippen LogP contribution in [0.3, 0.4) is 0 Å². The van der Waals surface area contributed by atoms with Crippen LogP contribution in [0, 0.1) is 19.8 Å². The number of rotatable bonds is 6. The number of hydrogen-bond donors (Lipinski definition) is 2. The van der Waals surface area contributed by atoms with Crippen molar-refractivity contribution >= 4 is 34.8 Å². The largest absolute Gasteiger partial charge is 0.484 e. The fourth-order valence-electron chi connectivity index (χ4n) is 2.47. The Labute approximate surface area is 157 Å². The highest BCUT2D eigenvalue weighted by Gasteiger charge is 2.29. The molecular weight excluding hydrogens is 352 g/mol. The first-order valence-electron chi connectivity index (χ1n) is 8.52. The van der Waals surface area contributed by atoms with E-state index in [1.165, 1.54) is 0 Å². The van der Waals surface area contributed by atoms with Crippen molar-refractivity contribution in [3.63, 3.8) is 0 Å². The molecule has 0 atom stereocenters. The number of carbonyl (C=O) groups excluding carboxylic acids is 2. The van der Waals surface area contributed by atoms with E-state index in [1.807, 2.05) is 26.0 Å². The summed E-state index contributed by atoms with van der Waals surface area (Å²) in [6, 6.07) is 10.7. The van der Waals surface area contributed by atoms with Crippen molar-refractivity contribution in [2.75, 3.05) is 17.2 Å². The Morgan fingerprint density at radius 3 is 2.54 bits per heavy atom. The Bertz CT molecular complexity index is 847. The molecule has 1 aliphatic carbocycles. The van der Waals surface area contributed by atoms with Crippen LogP contribution in [0.15, 0.2) is 36.4 Å². The molecule has 26 heavy (non-hydrogen) atoms. The number of ether oxygens (including phenoxy) is 1. The van der Waals surface area contributed by atoms with Gasteiger partial charge in [0.15, 0.2) is 6.61 Å². The third-order valence-electron chi connectivity index (χ3n) is 4.23. The summed E-state index contributed by atoms with van der Waals surface area (Å²) in [7, 11) is 0. The number of carbonyl (C=O) groups is 2. The molecule has 2 aromatic carbocycles. The van der Waals surface area contributed by atoms with E-state index in [4.69, 9.17) is 16.3 Å². The van der Waals surface area contributed by atoms with Gasteiger partial charge in [0.2, 0.25) is 5.91 Å². The normalized spacial score (nSPS) is 13.2. The molecule has 0 heterocycles. The summed E-state index contributed by atoms with van der Waals surface area (Å²) in [5.41, 5.74) is 3.13. The SMILES string of the molecule is Cc1cc(OCC(=O)Nc2cc(NC(=O)C3CC3)ccc2C)ccc1Cl. The van der Waals surface area contributed by atoms with E-state index < -0.39 is 0 Å². The van der Waals surface area contributed by atoms with Gasteiger partial charge in [-0.2, -0.15) is 0 Å². The van der Waals surface area contributed by atoms with E-state index >= 15 is 0 Å². The lowest BCUT2D eigenvalue weighted by Gasteiger charge is -2.12. The summed E-state index contributed by atoms with van der Waals surface area (Å²) in [4.78, 5) is 24.1. The Kier molecular flexibility index (Phi) is 5.47. The summed E-state index contributed by atoms with van der Waals surface area (Å²) >= 11 is 5.98. The monoisotopic (exact) mass is 372 g/mol. The van der Waals surface area contributed by atoms with Crippen molar-refractivity contribution < 1.29 is 14.3 Å². The van der Waals surface area contributed by atoms with Crippen LogP contribution in [0.4, 0.5) is 11.4 Å². The molecule has 6 heteroatoms. The smallest absolute Gasteiger partial charge is 0.262 e. The maximum atomic E-state index is 12.2. The zero-order valence-electron chi connectivity index (χ0n) is 14.8. The number of halogens is 1. The first-order valence-corrected chi connectivity index (χ1v) is 8.90. The van der Waals surface area contributed by atoms with Crippen LogP contribution in [0.5, 0.6) is 5.75 Å². The van der Waals surface area contributed by atoms with E-state index in [2.05, 4.69) is 10.6 Å². The molecule has 0 spiro atoms. The number of amides is 2. The molecule has 1 saturated carbocycles. The highest BCUT2D eigenvalue weighted by molar-refractivity contribution is 6.31. The van der Waals surface area contributed by atoms with Gasteiger partial charge in [-0.1, -0.05) is 17.7 Å². The molecule has 3 rings (SSSR count). The Balaban J connectivity index is 1.59. The van der Waals surface area contributed by atoms with Crippen molar-refractivity contribution in [1.29, 1.82) is 0 Å². The predicted octanol–water partition coefficient (Wildman–Crippen LogP) is 4.32. The highest BCUT2D eigenvalue weighted by Crippen LogP contribution is 2.31. The lowest BCUT2D eigenvalue weighted by molar-refractivity contribution is -0.118. The second-order valence-corrected chi connectivity index (χ2v) is 6.95. The summed E-state index contributed by atoms with van der Waals surface area (Å²) in [6.07, 6.45) is 1.89. The van der Waals surface area contributed by atoms with Crippen LogP contribution in [0.1, 0.15) is 24.0 Å². The van der Waals surface area contributed by atoms with Crippen molar-refractivity contribution in [2.24, 2.45) is 5.92 Å². The zero-order chi connectivity index (χ0) is 18.7. The Morgan fingerprint density at radius 1 is 1.08 bits per heavy atom. The van der Waals surface area contributed by atoms with Gasteiger partial charge in [0.1, 0.15) is 5.75 Å². The van der Waals surface area contributed by atoms with Crippen LogP contribution in [0.25, 0.3) is 0 Å². The maximum absolute atomic E-state index is 12.2. The average molecular weight is 373 g/mol. The standard InChI is InChI=1S/C20H21ClN2O3/c1-12-3-6-15(22-20(25)14-4-5-14)10-18(12)23-19(24)11-26-16-7-8-17(21)13(2)9-16/h3,6-10,14H,4-5,11H2,1-2H3,(H,22,25)(H,23,24). The minimum Gasteiger partial charge on any atom is -0.484 e. The number of aryl methyl sites for hydroxylation is 2. The van der Waals surface area contributed by atoms with Gasteiger partial charge in [-0.3, -0.25) is 9.59 Å². The third kappa shape index (κ3) is 4.76. The molecule has 0 bridgehead atoms. The van der Waals surface area contributed by atoms with Crippen LogP contribution < -0.4 is 15.4 Å². The molecule has 0 radical (unpaired) electrons. The molecule has 0 aliphatic heterocycles. The molecule has 5 nitrogen and oxygen atoms in total. The predicted molar refractivity (Wildman–Crippen MR) is 103 cm³/mol. The van der Waals surface area contributed by atoms with Gasteiger partial charge in [-0.15, -0.1) is 0 Å². The molecule has 0 saturated heterocycles. The van der Waals surface area contributed by atoms with Gasteiger partial charge in [-0.05, 0) is 68.1 Å². The Hall–Kier alpha value is -2.53. The lowest BCUT2D eigenvalue weighted by Crippen LogP contribution is -2.21. The quantitative estimate of drug-likeness (QED) is 0.793. The van der Waals surface area contributed by atoms with E-state index in [0.29, 0.717) is 22.1 Å². The van der Waals surface area contributed by atoms with E-state index in [1.54, 1.807) is 24.3 Å². The van der Waals surface area contributed by atoms with Crippen LogP contribution in [0.2, 0.25) is 5.02 Å². The third-order valence-corrected chi connectivity index (χ3v) is 4.65. The van der Waals surface area contributed by atoms with Crippen molar-refractivity contribution in [1.82, 2.24) is 0 Å². The summed E-state index contributed by atoms with van der Waals surface area (Å²) in [6.45, 7) is 3.66. The van der Waals surface area contributed by atoms with Gasteiger partial charge < -0.3 is 15.4 Å². The fourth-order valence-corrected chi connectivity index (χ4v) is 2.58. The zero-order valence-corrected chi connectivity index (χ0v) is 15.5. The average Bonchev–Trinajstić information content (AvgIpc) is 3.44. The summed E-state index contributed by atoms with van der Waals surface area (Å²) < 4.78 is 5.51. The van der Waals surface area contributed by atoms with Gasteiger partial charge in [-0.25, -0.2) is 0 Å². The Morgan fingerprint density at radius 2 is 1.85 bits per heavy atom. The molecular formula is C20H21ClN2O3. The first-order chi connectivity index (χ1) is 12.4. The minimum absolute atomic E-state index is 0.0348. The number of anilines is 2. The fraction of sp³-hybridized carbons (Fsp3) is 0.300. The van der Waals surface area contributed by atoms with Crippen LogP contribution >= 0.6 is 11.6 Å².